The summed E-state index contributed by atoms with van der Waals surface area (Å²) in [4.78, 5) is 7.70. The van der Waals surface area contributed by atoms with Crippen molar-refractivity contribution in [3.8, 4) is 0 Å². The van der Waals surface area contributed by atoms with Crippen LogP contribution in [0.25, 0.3) is 0 Å². The van der Waals surface area contributed by atoms with E-state index in [2.05, 4.69) is 21.7 Å². The fourth-order valence-corrected chi connectivity index (χ4v) is 6.63. The second-order valence-corrected chi connectivity index (χ2v) is 9.80. The lowest BCUT2D eigenvalue weighted by Crippen LogP contribution is -2.63. The van der Waals surface area contributed by atoms with Crippen LogP contribution in [-0.2, 0) is 10.0 Å². The highest BCUT2D eigenvalue weighted by atomic mass is 32.2. The van der Waals surface area contributed by atoms with E-state index in [0.29, 0.717) is 18.5 Å². The van der Waals surface area contributed by atoms with Gasteiger partial charge in [0.05, 0.1) is 5.69 Å². The zero-order chi connectivity index (χ0) is 20.9. The Morgan fingerprint density at radius 1 is 1.00 bits per heavy atom. The standard InChI is InChI=1S/C22H32N4O2S/c1-4-13-22(5-2,29(27,28)24(3)20-9-7-6-8-10-20)26-18-16-25(17-19-26)21-11-14-23-15-12-21/h6-12,14-15H,4-5,13,16-19H2,1-3H3. The van der Waals surface area contributed by atoms with Gasteiger partial charge in [-0.1, -0.05) is 38.5 Å². The molecule has 158 valence electrons. The Morgan fingerprint density at radius 2 is 1.62 bits per heavy atom. The monoisotopic (exact) mass is 416 g/mol. The minimum Gasteiger partial charge on any atom is -0.369 e. The van der Waals surface area contributed by atoms with Gasteiger partial charge in [-0.05, 0) is 37.1 Å². The summed E-state index contributed by atoms with van der Waals surface area (Å²) in [7, 11) is -1.90. The van der Waals surface area contributed by atoms with Crippen molar-refractivity contribution < 1.29 is 8.42 Å². The van der Waals surface area contributed by atoms with Gasteiger partial charge in [-0.3, -0.25) is 14.2 Å². The first kappa shape index (κ1) is 21.6. The number of pyridine rings is 1. The van der Waals surface area contributed by atoms with Crippen molar-refractivity contribution in [2.75, 3.05) is 42.4 Å². The summed E-state index contributed by atoms with van der Waals surface area (Å²) in [5.74, 6) is 0. The molecule has 0 amide bonds. The Bertz CT molecular complexity index is 868. The smallest absolute Gasteiger partial charge is 0.254 e. The summed E-state index contributed by atoms with van der Waals surface area (Å²) >= 11 is 0. The molecule has 1 atom stereocenters. The normalized spacial score (nSPS) is 17.7. The number of sulfonamides is 1. The molecule has 2 heterocycles. The maximum absolute atomic E-state index is 13.9. The van der Waals surface area contributed by atoms with Crippen LogP contribution < -0.4 is 9.21 Å². The molecule has 1 fully saturated rings. The van der Waals surface area contributed by atoms with E-state index in [-0.39, 0.29) is 0 Å². The van der Waals surface area contributed by atoms with Gasteiger partial charge in [0, 0.05) is 51.3 Å². The molecular weight excluding hydrogens is 384 g/mol. The molecule has 0 N–H and O–H groups in total. The zero-order valence-electron chi connectivity index (χ0n) is 17.7. The molecule has 2 aromatic rings. The number of aromatic nitrogens is 1. The van der Waals surface area contributed by atoms with E-state index < -0.39 is 14.9 Å². The average Bonchev–Trinajstić information content (AvgIpc) is 2.78. The quantitative estimate of drug-likeness (QED) is 0.658. The largest absolute Gasteiger partial charge is 0.369 e. The first-order valence-corrected chi connectivity index (χ1v) is 11.8. The third kappa shape index (κ3) is 4.12. The van der Waals surface area contributed by atoms with E-state index in [1.54, 1.807) is 19.4 Å². The van der Waals surface area contributed by atoms with Crippen LogP contribution >= 0.6 is 0 Å². The number of nitrogens with zero attached hydrogens (tertiary/aromatic N) is 4. The third-order valence-corrected chi connectivity index (χ3v) is 8.68. The van der Waals surface area contributed by atoms with Crippen molar-refractivity contribution in [1.29, 1.82) is 0 Å². The minimum atomic E-state index is -3.58. The topological polar surface area (TPSA) is 56.8 Å². The van der Waals surface area contributed by atoms with Crippen molar-refractivity contribution in [3.63, 3.8) is 0 Å². The van der Waals surface area contributed by atoms with Crippen molar-refractivity contribution in [2.24, 2.45) is 0 Å². The van der Waals surface area contributed by atoms with Gasteiger partial charge in [-0.25, -0.2) is 8.42 Å². The van der Waals surface area contributed by atoms with E-state index in [0.717, 1.165) is 38.3 Å². The Kier molecular flexibility index (Phi) is 6.80. The fourth-order valence-electron chi connectivity index (χ4n) is 4.38. The van der Waals surface area contributed by atoms with Crippen LogP contribution in [0.5, 0.6) is 0 Å². The van der Waals surface area contributed by atoms with Crippen molar-refractivity contribution in [3.05, 3.63) is 54.9 Å². The van der Waals surface area contributed by atoms with Crippen LogP contribution in [-0.4, -0.2) is 56.4 Å². The molecule has 0 aliphatic carbocycles. The Balaban J connectivity index is 1.87. The molecule has 1 saturated heterocycles. The van der Waals surface area contributed by atoms with Crippen molar-refractivity contribution in [1.82, 2.24) is 9.88 Å². The highest BCUT2D eigenvalue weighted by Gasteiger charge is 2.49. The predicted octanol–water partition coefficient (Wildman–Crippen LogP) is 3.58. The number of rotatable bonds is 8. The number of hydrogen-bond donors (Lipinski definition) is 0. The van der Waals surface area contributed by atoms with Gasteiger partial charge in [0.1, 0.15) is 4.87 Å². The molecule has 1 aliphatic heterocycles. The molecule has 1 aromatic heterocycles. The molecule has 6 nitrogen and oxygen atoms in total. The lowest BCUT2D eigenvalue weighted by atomic mass is 10.1. The second-order valence-electron chi connectivity index (χ2n) is 7.54. The Morgan fingerprint density at radius 3 is 2.17 bits per heavy atom. The van der Waals surface area contributed by atoms with Gasteiger partial charge < -0.3 is 4.90 Å². The van der Waals surface area contributed by atoms with Crippen LogP contribution in [0.3, 0.4) is 0 Å². The molecule has 1 aliphatic rings. The average molecular weight is 417 g/mol. The van der Waals surface area contributed by atoms with E-state index >= 15 is 0 Å². The Labute approximate surface area is 175 Å². The Hall–Kier alpha value is -2.12. The first-order chi connectivity index (χ1) is 14.0. The highest BCUT2D eigenvalue weighted by molar-refractivity contribution is 7.94. The lowest BCUT2D eigenvalue weighted by molar-refractivity contribution is 0.133. The van der Waals surface area contributed by atoms with Crippen LogP contribution in [0.2, 0.25) is 0 Å². The van der Waals surface area contributed by atoms with E-state index in [1.165, 1.54) is 4.31 Å². The summed E-state index contributed by atoms with van der Waals surface area (Å²) in [6.07, 6.45) is 5.61. The van der Waals surface area contributed by atoms with Gasteiger partial charge in [0.25, 0.3) is 10.0 Å². The maximum atomic E-state index is 13.9. The van der Waals surface area contributed by atoms with E-state index in [9.17, 15) is 8.42 Å². The highest BCUT2D eigenvalue weighted by Crippen LogP contribution is 2.37. The summed E-state index contributed by atoms with van der Waals surface area (Å²) in [6, 6.07) is 13.4. The number of piperazine rings is 1. The van der Waals surface area contributed by atoms with Crippen LogP contribution in [0.1, 0.15) is 33.1 Å². The van der Waals surface area contributed by atoms with Crippen LogP contribution in [0.15, 0.2) is 54.9 Å². The van der Waals surface area contributed by atoms with Gasteiger partial charge in [-0.15, -0.1) is 0 Å². The van der Waals surface area contributed by atoms with Gasteiger partial charge >= 0.3 is 0 Å². The minimum absolute atomic E-state index is 0.565. The molecule has 3 rings (SSSR count). The third-order valence-electron chi connectivity index (χ3n) is 6.04. The molecule has 0 spiro atoms. The molecule has 0 bridgehead atoms. The summed E-state index contributed by atoms with van der Waals surface area (Å²) in [6.45, 7) is 7.12. The zero-order valence-corrected chi connectivity index (χ0v) is 18.5. The SMILES string of the molecule is CCCC(CC)(N1CCN(c2ccncc2)CC1)S(=O)(=O)N(C)c1ccccc1. The summed E-state index contributed by atoms with van der Waals surface area (Å²) < 4.78 is 29.2. The predicted molar refractivity (Wildman–Crippen MR) is 120 cm³/mol. The van der Waals surface area contributed by atoms with Crippen molar-refractivity contribution >= 4 is 21.4 Å². The van der Waals surface area contributed by atoms with Gasteiger partial charge in [0.15, 0.2) is 0 Å². The molecule has 7 heteroatoms. The molecule has 29 heavy (non-hydrogen) atoms. The van der Waals surface area contributed by atoms with E-state index in [1.807, 2.05) is 49.4 Å². The number of benzene rings is 1. The number of para-hydroxylation sites is 1. The fraction of sp³-hybridized carbons (Fsp3) is 0.500. The molecule has 1 aromatic carbocycles. The number of hydrogen-bond acceptors (Lipinski definition) is 5. The van der Waals surface area contributed by atoms with Gasteiger partial charge in [-0.2, -0.15) is 0 Å². The van der Waals surface area contributed by atoms with E-state index in [4.69, 9.17) is 0 Å². The molecule has 0 radical (unpaired) electrons. The van der Waals surface area contributed by atoms with Crippen LogP contribution in [0.4, 0.5) is 11.4 Å². The summed E-state index contributed by atoms with van der Waals surface area (Å²) in [5, 5.41) is 0. The maximum Gasteiger partial charge on any atom is 0.254 e. The van der Waals surface area contributed by atoms with Crippen molar-refractivity contribution in [2.45, 2.75) is 38.0 Å². The molecular formula is C22H32N4O2S. The molecule has 1 unspecified atom stereocenters. The first-order valence-electron chi connectivity index (χ1n) is 10.4. The second kappa shape index (κ2) is 9.13. The summed E-state index contributed by atoms with van der Waals surface area (Å²) in [5.41, 5.74) is 1.85. The number of anilines is 2. The lowest BCUT2D eigenvalue weighted by Gasteiger charge is -2.48. The van der Waals surface area contributed by atoms with Gasteiger partial charge in [0.2, 0.25) is 0 Å². The van der Waals surface area contributed by atoms with Crippen LogP contribution in [0, 0.1) is 0 Å². The molecule has 0 saturated carbocycles.